The summed E-state index contributed by atoms with van der Waals surface area (Å²) in [5.41, 5.74) is 1.81. The van der Waals surface area contributed by atoms with Crippen molar-refractivity contribution in [3.63, 3.8) is 0 Å². The van der Waals surface area contributed by atoms with Crippen LogP contribution in [-0.4, -0.2) is 15.7 Å². The van der Waals surface area contributed by atoms with E-state index in [1.54, 1.807) is 0 Å². The van der Waals surface area contributed by atoms with E-state index in [2.05, 4.69) is 41.6 Å². The second-order valence-corrected chi connectivity index (χ2v) is 6.07. The molecule has 0 aliphatic rings. The van der Waals surface area contributed by atoms with E-state index in [0.29, 0.717) is 23.5 Å². The van der Waals surface area contributed by atoms with Crippen LogP contribution in [0.4, 0.5) is 11.7 Å². The molecule has 0 aliphatic carbocycles. The Balaban J connectivity index is 2.06. The van der Waals surface area contributed by atoms with Gasteiger partial charge in [-0.25, -0.2) is 0 Å². The summed E-state index contributed by atoms with van der Waals surface area (Å²) in [6.45, 7) is 8.73. The molecule has 0 aliphatic heterocycles. The van der Waals surface area contributed by atoms with Crippen LogP contribution in [0.5, 0.6) is 0 Å². The van der Waals surface area contributed by atoms with Crippen LogP contribution in [0.25, 0.3) is 0 Å². The molecular weight excluding hydrogens is 276 g/mol. The summed E-state index contributed by atoms with van der Waals surface area (Å²) < 4.78 is 5.54. The first-order valence-corrected chi connectivity index (χ1v) is 6.82. The largest absolute Gasteiger partial charge is 0.406 e. The fourth-order valence-corrected chi connectivity index (χ4v) is 1.88. The van der Waals surface area contributed by atoms with Crippen LogP contribution in [0.1, 0.15) is 32.2 Å². The lowest BCUT2D eigenvalue weighted by Crippen LogP contribution is -2.35. The number of rotatable bonds is 4. The molecule has 0 bridgehead atoms. The first-order chi connectivity index (χ1) is 9.35. The summed E-state index contributed by atoms with van der Waals surface area (Å²) in [6.07, 6.45) is 0. The van der Waals surface area contributed by atoms with Crippen molar-refractivity contribution in [2.24, 2.45) is 0 Å². The highest BCUT2D eigenvalue weighted by molar-refractivity contribution is 6.33. The van der Waals surface area contributed by atoms with E-state index in [1.807, 2.05) is 25.1 Å². The molecule has 108 valence electrons. The Hall–Kier alpha value is -1.59. The maximum absolute atomic E-state index is 6.14. The highest BCUT2D eigenvalue weighted by Gasteiger charge is 2.13. The minimum Gasteiger partial charge on any atom is -0.406 e. The normalized spacial score (nSPS) is 11.7. The molecule has 0 atom stereocenters. The van der Waals surface area contributed by atoms with E-state index in [0.717, 1.165) is 11.3 Å². The molecular formula is C14H19ClN4O. The average Bonchev–Trinajstić information content (AvgIpc) is 2.79. The third kappa shape index (κ3) is 3.95. The van der Waals surface area contributed by atoms with E-state index in [1.165, 1.54) is 0 Å². The van der Waals surface area contributed by atoms with Gasteiger partial charge >= 0.3 is 6.01 Å². The SMILES string of the molecule is Cc1cccc(Cl)c1Nc1nnc(CNC(C)(C)C)o1. The molecule has 1 aromatic carbocycles. The van der Waals surface area contributed by atoms with E-state index in [4.69, 9.17) is 16.0 Å². The molecule has 6 heteroatoms. The minimum atomic E-state index is 0.00138. The molecule has 0 fully saturated rings. The molecule has 20 heavy (non-hydrogen) atoms. The van der Waals surface area contributed by atoms with Crippen LogP contribution < -0.4 is 10.6 Å². The number of aromatic nitrogens is 2. The van der Waals surface area contributed by atoms with Crippen LogP contribution in [-0.2, 0) is 6.54 Å². The molecule has 0 spiro atoms. The molecule has 2 rings (SSSR count). The maximum atomic E-state index is 6.14. The van der Waals surface area contributed by atoms with Crippen molar-refractivity contribution in [3.8, 4) is 0 Å². The number of nitrogens with one attached hydrogen (secondary N) is 2. The van der Waals surface area contributed by atoms with Crippen molar-refractivity contribution in [3.05, 3.63) is 34.7 Å². The van der Waals surface area contributed by atoms with E-state index in [-0.39, 0.29) is 5.54 Å². The van der Waals surface area contributed by atoms with Gasteiger partial charge in [-0.05, 0) is 39.3 Å². The van der Waals surface area contributed by atoms with Gasteiger partial charge in [-0.3, -0.25) is 0 Å². The topological polar surface area (TPSA) is 63.0 Å². The summed E-state index contributed by atoms with van der Waals surface area (Å²) in [7, 11) is 0. The van der Waals surface area contributed by atoms with Gasteiger partial charge in [0.2, 0.25) is 5.89 Å². The maximum Gasteiger partial charge on any atom is 0.320 e. The Kier molecular flexibility index (Phi) is 4.30. The number of aryl methyl sites for hydroxylation is 1. The molecule has 2 N–H and O–H groups in total. The summed E-state index contributed by atoms with van der Waals surface area (Å²) >= 11 is 6.14. The van der Waals surface area contributed by atoms with Gasteiger partial charge in [0.1, 0.15) is 0 Å². The van der Waals surface area contributed by atoms with E-state index < -0.39 is 0 Å². The fraction of sp³-hybridized carbons (Fsp3) is 0.429. The van der Waals surface area contributed by atoms with Crippen molar-refractivity contribution in [1.29, 1.82) is 0 Å². The zero-order valence-electron chi connectivity index (χ0n) is 12.1. The number of hydrogen-bond donors (Lipinski definition) is 2. The zero-order valence-corrected chi connectivity index (χ0v) is 12.9. The lowest BCUT2D eigenvalue weighted by atomic mass is 10.1. The highest BCUT2D eigenvalue weighted by Crippen LogP contribution is 2.28. The van der Waals surface area contributed by atoms with Gasteiger partial charge in [0.15, 0.2) is 0 Å². The minimum absolute atomic E-state index is 0.00138. The van der Waals surface area contributed by atoms with Crippen LogP contribution in [0, 0.1) is 6.92 Å². The Morgan fingerprint density at radius 2 is 2.00 bits per heavy atom. The van der Waals surface area contributed by atoms with E-state index >= 15 is 0 Å². The van der Waals surface area contributed by atoms with Gasteiger partial charge in [-0.1, -0.05) is 28.8 Å². The highest BCUT2D eigenvalue weighted by atomic mass is 35.5. The van der Waals surface area contributed by atoms with Crippen LogP contribution in [0.15, 0.2) is 22.6 Å². The summed E-state index contributed by atoms with van der Waals surface area (Å²) in [4.78, 5) is 0. The standard InChI is InChI=1S/C14H19ClN4O/c1-9-6-5-7-10(15)12(9)17-13-19-18-11(20-13)8-16-14(2,3)4/h5-7,16H,8H2,1-4H3,(H,17,19). The molecule has 0 unspecified atom stereocenters. The summed E-state index contributed by atoms with van der Waals surface area (Å²) in [6, 6.07) is 6.02. The second-order valence-electron chi connectivity index (χ2n) is 5.66. The molecule has 0 saturated carbocycles. The van der Waals surface area contributed by atoms with Crippen LogP contribution in [0.3, 0.4) is 0 Å². The lowest BCUT2D eigenvalue weighted by molar-refractivity contribution is 0.384. The van der Waals surface area contributed by atoms with Crippen LogP contribution >= 0.6 is 11.6 Å². The van der Waals surface area contributed by atoms with E-state index in [9.17, 15) is 0 Å². The predicted octanol–water partition coefficient (Wildman–Crippen LogP) is 3.66. The van der Waals surface area contributed by atoms with Crippen molar-refractivity contribution in [2.75, 3.05) is 5.32 Å². The zero-order chi connectivity index (χ0) is 14.8. The van der Waals surface area contributed by atoms with Gasteiger partial charge in [-0.15, -0.1) is 5.10 Å². The molecule has 0 saturated heterocycles. The number of hydrogen-bond acceptors (Lipinski definition) is 5. The first-order valence-electron chi connectivity index (χ1n) is 6.45. The fourth-order valence-electron chi connectivity index (χ4n) is 1.61. The third-order valence-corrected chi connectivity index (χ3v) is 3.01. The van der Waals surface area contributed by atoms with Crippen molar-refractivity contribution < 1.29 is 4.42 Å². The Labute approximate surface area is 123 Å². The number of benzene rings is 1. The summed E-state index contributed by atoms with van der Waals surface area (Å²) in [5.74, 6) is 0.534. The van der Waals surface area contributed by atoms with Crippen molar-refractivity contribution in [1.82, 2.24) is 15.5 Å². The molecule has 1 aromatic heterocycles. The molecule has 1 heterocycles. The van der Waals surface area contributed by atoms with Crippen LogP contribution in [0.2, 0.25) is 5.02 Å². The van der Waals surface area contributed by atoms with Gasteiger partial charge in [-0.2, -0.15) is 0 Å². The molecule has 0 radical (unpaired) electrons. The molecule has 0 amide bonds. The number of para-hydroxylation sites is 1. The lowest BCUT2D eigenvalue weighted by Gasteiger charge is -2.18. The number of halogens is 1. The first kappa shape index (κ1) is 14.8. The molecule has 2 aromatic rings. The number of nitrogens with zero attached hydrogens (tertiary/aromatic N) is 2. The molecule has 5 nitrogen and oxygen atoms in total. The van der Waals surface area contributed by atoms with Crippen molar-refractivity contribution in [2.45, 2.75) is 39.8 Å². The van der Waals surface area contributed by atoms with Gasteiger partial charge in [0, 0.05) is 5.54 Å². The average molecular weight is 295 g/mol. The Morgan fingerprint density at radius 1 is 1.25 bits per heavy atom. The quantitative estimate of drug-likeness (QED) is 0.901. The predicted molar refractivity (Wildman–Crippen MR) is 80.4 cm³/mol. The van der Waals surface area contributed by atoms with Gasteiger partial charge in [0.05, 0.1) is 17.3 Å². The monoisotopic (exact) mass is 294 g/mol. The number of anilines is 2. The Bertz CT molecular complexity index is 569. The smallest absolute Gasteiger partial charge is 0.320 e. The second kappa shape index (κ2) is 5.81. The van der Waals surface area contributed by atoms with Crippen molar-refractivity contribution >= 4 is 23.3 Å². The summed E-state index contributed by atoms with van der Waals surface area (Å²) in [5, 5.41) is 14.9. The Morgan fingerprint density at radius 3 is 2.65 bits per heavy atom. The van der Waals surface area contributed by atoms with Gasteiger partial charge < -0.3 is 15.1 Å². The third-order valence-electron chi connectivity index (χ3n) is 2.69. The van der Waals surface area contributed by atoms with Gasteiger partial charge in [0.25, 0.3) is 0 Å².